The fraction of sp³-hybridized carbons (Fsp3) is 0.400. The highest BCUT2D eigenvalue weighted by Gasteiger charge is 2.19. The van der Waals surface area contributed by atoms with Crippen molar-refractivity contribution in [3.63, 3.8) is 0 Å². The predicted octanol–water partition coefficient (Wildman–Crippen LogP) is 5.77. The summed E-state index contributed by atoms with van der Waals surface area (Å²) in [5.41, 5.74) is 1.82. The minimum Gasteiger partial charge on any atom is -0.492 e. The Balaban J connectivity index is 1.49. The summed E-state index contributed by atoms with van der Waals surface area (Å²) in [5.74, 6) is 0.449. The van der Waals surface area contributed by atoms with Crippen molar-refractivity contribution >= 4 is 50.8 Å². The molecule has 1 saturated heterocycles. The van der Waals surface area contributed by atoms with Crippen LogP contribution in [-0.2, 0) is 0 Å². The first kappa shape index (κ1) is 25.2. The Morgan fingerprint density at radius 2 is 1.73 bits per heavy atom. The summed E-state index contributed by atoms with van der Waals surface area (Å²) in [7, 11) is 0. The molecule has 0 unspecified atom stereocenters. The molecule has 2 amide bonds. The maximum Gasteiger partial charge on any atom is 0.257 e. The number of rotatable bonds is 9. The number of benzene rings is 2. The van der Waals surface area contributed by atoms with Crippen LogP contribution >= 0.6 is 28.1 Å². The molecule has 2 aromatic carbocycles. The standard InChI is InChI=1S/C25H30BrN3O3S/c1-2-3-4-7-16-32-22-13-10-19(17-21(22)26)23(30)28-25(33)27-20-11-8-18(9-12-20)24(31)29-14-5-6-15-29/h8-13,17H,2-7,14-16H2,1H3,(H2,27,28,30,33). The molecule has 0 bridgehead atoms. The fourth-order valence-corrected chi connectivity index (χ4v) is 4.31. The van der Waals surface area contributed by atoms with E-state index in [1.165, 1.54) is 12.8 Å². The maximum absolute atomic E-state index is 12.6. The third-order valence-corrected chi connectivity index (χ3v) is 6.28. The van der Waals surface area contributed by atoms with Gasteiger partial charge in [0.05, 0.1) is 11.1 Å². The van der Waals surface area contributed by atoms with Crippen LogP contribution in [0.15, 0.2) is 46.9 Å². The number of halogens is 1. The van der Waals surface area contributed by atoms with E-state index in [9.17, 15) is 9.59 Å². The van der Waals surface area contributed by atoms with Gasteiger partial charge in [-0.2, -0.15) is 0 Å². The van der Waals surface area contributed by atoms with Gasteiger partial charge >= 0.3 is 0 Å². The molecule has 0 spiro atoms. The van der Waals surface area contributed by atoms with Crippen LogP contribution in [0.3, 0.4) is 0 Å². The Labute approximate surface area is 209 Å². The summed E-state index contributed by atoms with van der Waals surface area (Å²) in [6, 6.07) is 12.3. The van der Waals surface area contributed by atoms with Crippen molar-refractivity contribution in [1.29, 1.82) is 0 Å². The number of carbonyl (C=O) groups is 2. The van der Waals surface area contributed by atoms with Crippen molar-refractivity contribution in [3.05, 3.63) is 58.1 Å². The van der Waals surface area contributed by atoms with Crippen molar-refractivity contribution < 1.29 is 14.3 Å². The number of anilines is 1. The molecule has 176 valence electrons. The van der Waals surface area contributed by atoms with E-state index in [0.717, 1.165) is 43.2 Å². The highest BCUT2D eigenvalue weighted by molar-refractivity contribution is 9.10. The SMILES string of the molecule is CCCCCCOc1ccc(C(=O)NC(=S)Nc2ccc(C(=O)N3CCCC3)cc2)cc1Br. The molecule has 8 heteroatoms. The summed E-state index contributed by atoms with van der Waals surface area (Å²) in [6.07, 6.45) is 6.67. The van der Waals surface area contributed by atoms with Crippen molar-refractivity contribution in [2.45, 2.75) is 45.4 Å². The van der Waals surface area contributed by atoms with Crippen molar-refractivity contribution in [2.24, 2.45) is 0 Å². The maximum atomic E-state index is 12.6. The van der Waals surface area contributed by atoms with Crippen LogP contribution in [0.1, 0.15) is 66.2 Å². The van der Waals surface area contributed by atoms with Crippen LogP contribution in [0, 0.1) is 0 Å². The summed E-state index contributed by atoms with van der Waals surface area (Å²) in [6.45, 7) is 4.46. The van der Waals surface area contributed by atoms with E-state index in [1.807, 2.05) is 4.90 Å². The highest BCUT2D eigenvalue weighted by atomic mass is 79.9. The first-order valence-electron chi connectivity index (χ1n) is 11.4. The van der Waals surface area contributed by atoms with Gasteiger partial charge in [0.15, 0.2) is 5.11 Å². The van der Waals surface area contributed by atoms with E-state index >= 15 is 0 Å². The van der Waals surface area contributed by atoms with Crippen LogP contribution < -0.4 is 15.4 Å². The molecular formula is C25H30BrN3O3S. The first-order chi connectivity index (χ1) is 16.0. The molecule has 0 aliphatic carbocycles. The number of carbonyl (C=O) groups excluding carboxylic acids is 2. The molecule has 1 aliphatic rings. The van der Waals surface area contributed by atoms with Crippen LogP contribution in [0.4, 0.5) is 5.69 Å². The number of unbranched alkanes of at least 4 members (excludes halogenated alkanes) is 3. The Morgan fingerprint density at radius 3 is 2.39 bits per heavy atom. The lowest BCUT2D eigenvalue weighted by atomic mass is 10.2. The van der Waals surface area contributed by atoms with Gasteiger partial charge in [-0.3, -0.25) is 14.9 Å². The lowest BCUT2D eigenvalue weighted by Gasteiger charge is -2.15. The second-order valence-corrected chi connectivity index (χ2v) is 9.30. The smallest absolute Gasteiger partial charge is 0.257 e. The van der Waals surface area contributed by atoms with Crippen LogP contribution in [0.2, 0.25) is 0 Å². The van der Waals surface area contributed by atoms with E-state index in [-0.39, 0.29) is 16.9 Å². The van der Waals surface area contributed by atoms with Crippen LogP contribution in [0.25, 0.3) is 0 Å². The monoisotopic (exact) mass is 531 g/mol. The molecule has 33 heavy (non-hydrogen) atoms. The molecule has 0 saturated carbocycles. The Hall–Kier alpha value is -2.45. The van der Waals surface area contributed by atoms with Crippen molar-refractivity contribution in [2.75, 3.05) is 25.0 Å². The van der Waals surface area contributed by atoms with Crippen LogP contribution in [-0.4, -0.2) is 41.5 Å². The van der Waals surface area contributed by atoms with E-state index in [0.29, 0.717) is 29.2 Å². The van der Waals surface area contributed by atoms with Gasteiger partial charge in [-0.1, -0.05) is 26.2 Å². The molecule has 0 aromatic heterocycles. The number of amides is 2. The van der Waals surface area contributed by atoms with Crippen molar-refractivity contribution in [3.8, 4) is 5.75 Å². The van der Waals surface area contributed by atoms with Gasteiger partial charge in [0.1, 0.15) is 5.75 Å². The summed E-state index contributed by atoms with van der Waals surface area (Å²) in [5, 5.41) is 5.86. The normalized spacial score (nSPS) is 13.0. The average Bonchev–Trinajstić information content (AvgIpc) is 3.35. The van der Waals surface area contributed by atoms with Gasteiger partial charge < -0.3 is 15.0 Å². The summed E-state index contributed by atoms with van der Waals surface area (Å²) in [4.78, 5) is 26.9. The first-order valence-corrected chi connectivity index (χ1v) is 12.6. The minimum atomic E-state index is -0.316. The molecule has 2 N–H and O–H groups in total. The zero-order valence-electron chi connectivity index (χ0n) is 18.9. The van der Waals surface area contributed by atoms with Gasteiger partial charge in [-0.15, -0.1) is 0 Å². The zero-order valence-corrected chi connectivity index (χ0v) is 21.3. The third-order valence-electron chi connectivity index (χ3n) is 5.46. The Kier molecular flexibility index (Phi) is 9.69. The van der Waals surface area contributed by atoms with E-state index in [1.54, 1.807) is 42.5 Å². The van der Waals surface area contributed by atoms with Crippen LogP contribution in [0.5, 0.6) is 5.75 Å². The lowest BCUT2D eigenvalue weighted by molar-refractivity contribution is 0.0792. The number of nitrogens with one attached hydrogen (secondary N) is 2. The summed E-state index contributed by atoms with van der Waals surface area (Å²) < 4.78 is 6.52. The lowest BCUT2D eigenvalue weighted by Crippen LogP contribution is -2.34. The van der Waals surface area contributed by atoms with Gasteiger partial charge in [-0.05, 0) is 89.9 Å². The van der Waals surface area contributed by atoms with Crippen molar-refractivity contribution in [1.82, 2.24) is 10.2 Å². The number of hydrogen-bond acceptors (Lipinski definition) is 4. The topological polar surface area (TPSA) is 70.7 Å². The van der Waals surface area contributed by atoms with Gasteiger partial charge in [-0.25, -0.2) is 0 Å². The van der Waals surface area contributed by atoms with Gasteiger partial charge in [0, 0.05) is 29.9 Å². The fourth-order valence-electron chi connectivity index (χ4n) is 3.61. The molecule has 6 nitrogen and oxygen atoms in total. The third kappa shape index (κ3) is 7.54. The number of nitrogens with zero attached hydrogens (tertiary/aromatic N) is 1. The Bertz CT molecular complexity index is 975. The molecule has 3 rings (SSSR count). The molecular weight excluding hydrogens is 502 g/mol. The number of hydrogen-bond donors (Lipinski definition) is 2. The average molecular weight is 533 g/mol. The highest BCUT2D eigenvalue weighted by Crippen LogP contribution is 2.26. The number of thiocarbonyl (C=S) groups is 1. The predicted molar refractivity (Wildman–Crippen MR) is 139 cm³/mol. The second-order valence-electron chi connectivity index (χ2n) is 8.04. The molecule has 0 atom stereocenters. The molecule has 2 aromatic rings. The second kappa shape index (κ2) is 12.7. The molecule has 0 radical (unpaired) electrons. The molecule has 1 aliphatic heterocycles. The van der Waals surface area contributed by atoms with Gasteiger partial charge in [0.25, 0.3) is 11.8 Å². The van der Waals surface area contributed by atoms with E-state index in [2.05, 4.69) is 33.5 Å². The number of likely N-dealkylation sites (tertiary alicyclic amines) is 1. The molecule has 1 fully saturated rings. The quantitative estimate of drug-likeness (QED) is 0.317. The number of ether oxygens (including phenoxy) is 1. The Morgan fingerprint density at radius 1 is 1.03 bits per heavy atom. The molecule has 1 heterocycles. The zero-order chi connectivity index (χ0) is 23.6. The van der Waals surface area contributed by atoms with E-state index < -0.39 is 0 Å². The largest absolute Gasteiger partial charge is 0.492 e. The summed E-state index contributed by atoms with van der Waals surface area (Å²) >= 11 is 8.76. The van der Waals surface area contributed by atoms with E-state index in [4.69, 9.17) is 17.0 Å². The van der Waals surface area contributed by atoms with Gasteiger partial charge in [0.2, 0.25) is 0 Å². The minimum absolute atomic E-state index is 0.0499.